The molecule has 0 amide bonds. The van der Waals surface area contributed by atoms with Crippen molar-refractivity contribution in [2.45, 2.75) is 19.4 Å². The number of aromatic hydroxyl groups is 2. The van der Waals surface area contributed by atoms with Crippen LogP contribution >= 0.6 is 12.4 Å². The number of nitro groups is 1. The van der Waals surface area contributed by atoms with Crippen molar-refractivity contribution in [3.8, 4) is 11.5 Å². The van der Waals surface area contributed by atoms with E-state index in [-0.39, 0.29) is 12.4 Å². The Kier molecular flexibility index (Phi) is 5.00. The lowest BCUT2D eigenvalue weighted by Crippen LogP contribution is -2.08. The fourth-order valence-electron chi connectivity index (χ4n) is 1.21. The van der Waals surface area contributed by atoms with Gasteiger partial charge in [-0.2, -0.15) is 0 Å². The summed E-state index contributed by atoms with van der Waals surface area (Å²) >= 11 is 0. The fraction of sp³-hybridized carbons (Fsp3) is 0.333. The first-order valence-electron chi connectivity index (χ1n) is 4.43. The number of phenolic OH excluding ortho intramolecular Hbond substituents is 2. The van der Waals surface area contributed by atoms with Gasteiger partial charge >= 0.3 is 5.69 Å². The normalized spacial score (nSPS) is 11.6. The van der Waals surface area contributed by atoms with E-state index in [9.17, 15) is 20.3 Å². The number of halogens is 1. The summed E-state index contributed by atoms with van der Waals surface area (Å²) in [4.78, 5) is 9.77. The van der Waals surface area contributed by atoms with Crippen LogP contribution < -0.4 is 5.73 Å². The van der Waals surface area contributed by atoms with Crippen molar-refractivity contribution in [2.24, 2.45) is 5.73 Å². The van der Waals surface area contributed by atoms with Gasteiger partial charge in [0.1, 0.15) is 0 Å². The highest BCUT2D eigenvalue weighted by Gasteiger charge is 2.20. The van der Waals surface area contributed by atoms with Crippen LogP contribution in [0.25, 0.3) is 0 Å². The van der Waals surface area contributed by atoms with Crippen LogP contribution in [0.15, 0.2) is 12.1 Å². The van der Waals surface area contributed by atoms with Crippen molar-refractivity contribution in [1.82, 2.24) is 0 Å². The minimum atomic E-state index is -0.763. The Morgan fingerprint density at radius 3 is 2.50 bits per heavy atom. The summed E-state index contributed by atoms with van der Waals surface area (Å²) in [5.74, 6) is -1.25. The Morgan fingerprint density at radius 1 is 1.50 bits per heavy atom. The van der Waals surface area contributed by atoms with Gasteiger partial charge in [0.05, 0.1) is 4.92 Å². The highest BCUT2D eigenvalue weighted by atomic mass is 35.5. The number of hydrogen-bond acceptors (Lipinski definition) is 5. The van der Waals surface area contributed by atoms with Crippen molar-refractivity contribution in [3.05, 3.63) is 27.8 Å². The van der Waals surface area contributed by atoms with E-state index in [1.54, 1.807) is 0 Å². The lowest BCUT2D eigenvalue weighted by molar-refractivity contribution is -0.386. The van der Waals surface area contributed by atoms with Gasteiger partial charge < -0.3 is 15.9 Å². The average molecular weight is 249 g/mol. The van der Waals surface area contributed by atoms with E-state index >= 15 is 0 Å². The maximum atomic E-state index is 10.5. The Hall–Kier alpha value is -1.53. The molecule has 0 aliphatic rings. The van der Waals surface area contributed by atoms with Crippen LogP contribution in [0.1, 0.15) is 24.9 Å². The summed E-state index contributed by atoms with van der Waals surface area (Å²) < 4.78 is 0. The van der Waals surface area contributed by atoms with Crippen molar-refractivity contribution in [1.29, 1.82) is 0 Å². The molecule has 0 spiro atoms. The second-order valence-corrected chi connectivity index (χ2v) is 3.18. The summed E-state index contributed by atoms with van der Waals surface area (Å²) in [5, 5.41) is 29.0. The van der Waals surface area contributed by atoms with E-state index < -0.39 is 28.2 Å². The first kappa shape index (κ1) is 14.5. The molecule has 1 aromatic rings. The van der Waals surface area contributed by atoms with Gasteiger partial charge in [-0.1, -0.05) is 6.92 Å². The number of benzene rings is 1. The molecule has 90 valence electrons. The van der Waals surface area contributed by atoms with Crippen molar-refractivity contribution in [3.63, 3.8) is 0 Å². The van der Waals surface area contributed by atoms with Crippen LogP contribution in [0.4, 0.5) is 5.69 Å². The van der Waals surface area contributed by atoms with E-state index in [0.29, 0.717) is 12.0 Å². The molecule has 7 heteroatoms. The van der Waals surface area contributed by atoms with Gasteiger partial charge in [-0.05, 0) is 18.1 Å². The molecular weight excluding hydrogens is 236 g/mol. The van der Waals surface area contributed by atoms with Crippen LogP contribution in [0.2, 0.25) is 0 Å². The number of nitrogens with zero attached hydrogens (tertiary/aromatic N) is 1. The molecule has 0 saturated carbocycles. The van der Waals surface area contributed by atoms with E-state index in [1.165, 1.54) is 12.1 Å². The number of nitrogens with two attached hydrogens (primary N) is 1. The third-order valence-corrected chi connectivity index (χ3v) is 2.16. The maximum Gasteiger partial charge on any atom is 0.314 e. The molecule has 0 radical (unpaired) electrons. The molecule has 1 rings (SSSR count). The zero-order valence-corrected chi connectivity index (χ0v) is 9.40. The smallest absolute Gasteiger partial charge is 0.314 e. The van der Waals surface area contributed by atoms with E-state index in [4.69, 9.17) is 5.73 Å². The molecule has 0 unspecified atom stereocenters. The standard InChI is InChI=1S/C9H12N2O4.ClH/c1-2-6(10)5-3-7(11(14)15)9(13)8(12)4-5;/h3-4,6,12-13H,2,10H2,1H3;1H/t6-;/m1./s1. The molecule has 0 aliphatic carbocycles. The summed E-state index contributed by atoms with van der Waals surface area (Å²) in [6.45, 7) is 1.82. The van der Waals surface area contributed by atoms with Crippen LogP contribution in [0.3, 0.4) is 0 Å². The van der Waals surface area contributed by atoms with Crippen molar-refractivity contribution >= 4 is 18.1 Å². The number of nitro benzene ring substituents is 1. The molecule has 0 bridgehead atoms. The molecular formula is C9H13ClN2O4. The molecule has 0 saturated heterocycles. The molecule has 4 N–H and O–H groups in total. The van der Waals surface area contributed by atoms with Crippen LogP contribution in [0, 0.1) is 10.1 Å². The van der Waals surface area contributed by atoms with E-state index in [2.05, 4.69) is 0 Å². The molecule has 0 heterocycles. The van der Waals surface area contributed by atoms with Crippen LogP contribution in [-0.4, -0.2) is 15.1 Å². The summed E-state index contributed by atoms with van der Waals surface area (Å²) in [6, 6.07) is 2.01. The monoisotopic (exact) mass is 248 g/mol. The van der Waals surface area contributed by atoms with Crippen molar-refractivity contribution < 1.29 is 15.1 Å². The predicted octanol–water partition coefficient (Wildman–Crippen LogP) is 1.84. The van der Waals surface area contributed by atoms with Gasteiger partial charge in [-0.25, -0.2) is 0 Å². The zero-order valence-electron chi connectivity index (χ0n) is 8.58. The first-order valence-corrected chi connectivity index (χ1v) is 4.43. The molecule has 1 aromatic carbocycles. The highest BCUT2D eigenvalue weighted by molar-refractivity contribution is 5.85. The Labute approximate surface area is 98.3 Å². The largest absolute Gasteiger partial charge is 0.504 e. The SMILES string of the molecule is CC[C@@H](N)c1cc(O)c(O)c([N+](=O)[O-])c1.Cl. The third kappa shape index (κ3) is 2.74. The molecule has 0 fully saturated rings. The number of rotatable bonds is 3. The molecule has 6 nitrogen and oxygen atoms in total. The fourth-order valence-corrected chi connectivity index (χ4v) is 1.21. The van der Waals surface area contributed by atoms with Gasteiger partial charge in [0.15, 0.2) is 5.75 Å². The quantitative estimate of drug-likeness (QED) is 0.429. The molecule has 1 atom stereocenters. The summed E-state index contributed by atoms with van der Waals surface area (Å²) in [7, 11) is 0. The van der Waals surface area contributed by atoms with Gasteiger partial charge in [0.2, 0.25) is 5.75 Å². The molecule has 0 aliphatic heterocycles. The Balaban J connectivity index is 0.00000225. The second kappa shape index (κ2) is 5.53. The lowest BCUT2D eigenvalue weighted by atomic mass is 10.0. The average Bonchev–Trinajstić information content (AvgIpc) is 2.20. The summed E-state index contributed by atoms with van der Waals surface area (Å²) in [6.07, 6.45) is 0.585. The minimum Gasteiger partial charge on any atom is -0.504 e. The van der Waals surface area contributed by atoms with Crippen LogP contribution in [-0.2, 0) is 0 Å². The minimum absolute atomic E-state index is 0. The maximum absolute atomic E-state index is 10.5. The molecule has 0 aromatic heterocycles. The number of phenols is 2. The van der Waals surface area contributed by atoms with Gasteiger partial charge in [-0.15, -0.1) is 12.4 Å². The Bertz CT molecular complexity index is 397. The van der Waals surface area contributed by atoms with Gasteiger partial charge in [0, 0.05) is 12.1 Å². The second-order valence-electron chi connectivity index (χ2n) is 3.18. The third-order valence-electron chi connectivity index (χ3n) is 2.16. The Morgan fingerprint density at radius 2 is 2.06 bits per heavy atom. The van der Waals surface area contributed by atoms with Crippen molar-refractivity contribution in [2.75, 3.05) is 0 Å². The highest BCUT2D eigenvalue weighted by Crippen LogP contribution is 2.37. The predicted molar refractivity (Wildman–Crippen MR) is 60.9 cm³/mol. The number of hydrogen-bond donors (Lipinski definition) is 3. The zero-order chi connectivity index (χ0) is 11.6. The van der Waals surface area contributed by atoms with Gasteiger partial charge in [0.25, 0.3) is 0 Å². The lowest BCUT2D eigenvalue weighted by Gasteiger charge is -2.10. The van der Waals surface area contributed by atoms with E-state index in [1.807, 2.05) is 6.92 Å². The van der Waals surface area contributed by atoms with Crippen LogP contribution in [0.5, 0.6) is 11.5 Å². The van der Waals surface area contributed by atoms with E-state index in [0.717, 1.165) is 0 Å². The van der Waals surface area contributed by atoms with Gasteiger partial charge in [-0.3, -0.25) is 10.1 Å². The topological polar surface area (TPSA) is 110 Å². The first-order chi connectivity index (χ1) is 6.97. The summed E-state index contributed by atoms with van der Waals surface area (Å²) in [5.41, 5.74) is 5.56. The molecule has 16 heavy (non-hydrogen) atoms.